The summed E-state index contributed by atoms with van der Waals surface area (Å²) in [6.07, 6.45) is 0.520. The topological polar surface area (TPSA) is 67.4 Å². The largest absolute Gasteiger partial charge is 0.466 e. The Hall–Kier alpha value is -1.88. The highest BCUT2D eigenvalue weighted by molar-refractivity contribution is 5.78. The molecular weight excluding hydrogens is 268 g/mol. The summed E-state index contributed by atoms with van der Waals surface area (Å²) in [5.74, 6) is -0.387. The Kier molecular flexibility index (Phi) is 7.46. The van der Waals surface area contributed by atoms with Crippen molar-refractivity contribution in [2.24, 2.45) is 0 Å². The van der Waals surface area contributed by atoms with E-state index in [1.54, 1.807) is 14.0 Å². The second-order valence-electron chi connectivity index (χ2n) is 4.84. The van der Waals surface area contributed by atoms with Crippen molar-refractivity contribution >= 4 is 11.9 Å². The fourth-order valence-electron chi connectivity index (χ4n) is 2.11. The third-order valence-electron chi connectivity index (χ3n) is 3.18. The lowest BCUT2D eigenvalue weighted by molar-refractivity contribution is -0.143. The van der Waals surface area contributed by atoms with Crippen LogP contribution in [0, 0.1) is 6.92 Å². The SMILES string of the molecule is CCOC(=O)CC(NC(=O)CCNC)c1ccccc1C. The van der Waals surface area contributed by atoms with Crippen molar-refractivity contribution < 1.29 is 14.3 Å². The molecule has 21 heavy (non-hydrogen) atoms. The van der Waals surface area contributed by atoms with Crippen LogP contribution in [0.4, 0.5) is 0 Å². The van der Waals surface area contributed by atoms with E-state index in [0.29, 0.717) is 19.6 Å². The molecule has 0 saturated carbocycles. The van der Waals surface area contributed by atoms with Crippen molar-refractivity contribution in [1.29, 1.82) is 0 Å². The first-order valence-electron chi connectivity index (χ1n) is 7.23. The first kappa shape index (κ1) is 17.2. The van der Waals surface area contributed by atoms with Crippen LogP contribution in [0.5, 0.6) is 0 Å². The van der Waals surface area contributed by atoms with E-state index in [0.717, 1.165) is 11.1 Å². The Balaban J connectivity index is 2.82. The van der Waals surface area contributed by atoms with Crippen LogP contribution in [0.15, 0.2) is 24.3 Å². The summed E-state index contributed by atoms with van der Waals surface area (Å²) >= 11 is 0. The Bertz CT molecular complexity index is 474. The maximum Gasteiger partial charge on any atom is 0.308 e. The van der Waals surface area contributed by atoms with Crippen molar-refractivity contribution in [2.45, 2.75) is 32.7 Å². The van der Waals surface area contributed by atoms with E-state index in [2.05, 4.69) is 10.6 Å². The van der Waals surface area contributed by atoms with Crippen molar-refractivity contribution in [1.82, 2.24) is 10.6 Å². The summed E-state index contributed by atoms with van der Waals surface area (Å²) in [6, 6.07) is 7.38. The lowest BCUT2D eigenvalue weighted by Crippen LogP contribution is -2.32. The van der Waals surface area contributed by atoms with E-state index in [1.807, 2.05) is 31.2 Å². The number of hydrogen-bond donors (Lipinski definition) is 2. The van der Waals surface area contributed by atoms with Crippen LogP contribution in [0.3, 0.4) is 0 Å². The van der Waals surface area contributed by atoms with E-state index in [-0.39, 0.29) is 24.3 Å². The number of esters is 1. The molecule has 1 amide bonds. The predicted octanol–water partition coefficient (Wildman–Crippen LogP) is 1.72. The van der Waals surface area contributed by atoms with Crippen LogP contribution in [0.2, 0.25) is 0 Å². The molecule has 116 valence electrons. The summed E-state index contributed by atoms with van der Waals surface area (Å²) in [7, 11) is 1.80. The fraction of sp³-hybridized carbons (Fsp3) is 0.500. The molecule has 1 atom stereocenters. The quantitative estimate of drug-likeness (QED) is 0.716. The number of aryl methyl sites for hydroxylation is 1. The van der Waals surface area contributed by atoms with Crippen LogP contribution < -0.4 is 10.6 Å². The lowest BCUT2D eigenvalue weighted by atomic mass is 9.98. The highest BCUT2D eigenvalue weighted by Gasteiger charge is 2.20. The van der Waals surface area contributed by atoms with Crippen LogP contribution in [0.25, 0.3) is 0 Å². The van der Waals surface area contributed by atoms with Gasteiger partial charge in [0.1, 0.15) is 0 Å². The second-order valence-corrected chi connectivity index (χ2v) is 4.84. The van der Waals surface area contributed by atoms with Crippen molar-refractivity contribution in [3.8, 4) is 0 Å². The number of hydrogen-bond acceptors (Lipinski definition) is 4. The van der Waals surface area contributed by atoms with Crippen LogP contribution in [-0.2, 0) is 14.3 Å². The zero-order chi connectivity index (χ0) is 15.7. The van der Waals surface area contributed by atoms with Gasteiger partial charge in [-0.15, -0.1) is 0 Å². The number of carbonyl (C=O) groups excluding carboxylic acids is 2. The molecule has 0 heterocycles. The average molecular weight is 292 g/mol. The number of rotatable bonds is 8. The molecule has 5 heteroatoms. The van der Waals surface area contributed by atoms with Gasteiger partial charge in [-0.2, -0.15) is 0 Å². The van der Waals surface area contributed by atoms with Crippen molar-refractivity contribution in [3.05, 3.63) is 35.4 Å². The minimum absolute atomic E-state index is 0.0816. The number of ether oxygens (including phenoxy) is 1. The van der Waals surface area contributed by atoms with E-state index in [1.165, 1.54) is 0 Å². The van der Waals surface area contributed by atoms with Gasteiger partial charge in [0.05, 0.1) is 19.1 Å². The van der Waals surface area contributed by atoms with E-state index in [9.17, 15) is 9.59 Å². The molecule has 0 spiro atoms. The second kappa shape index (κ2) is 9.13. The summed E-state index contributed by atoms with van der Waals surface area (Å²) in [4.78, 5) is 23.7. The molecule has 1 unspecified atom stereocenters. The molecule has 0 aliphatic rings. The van der Waals surface area contributed by atoms with Crippen molar-refractivity contribution in [3.63, 3.8) is 0 Å². The molecule has 0 aliphatic heterocycles. The maximum absolute atomic E-state index is 11.9. The lowest BCUT2D eigenvalue weighted by Gasteiger charge is -2.20. The summed E-state index contributed by atoms with van der Waals surface area (Å²) in [5.41, 5.74) is 1.99. The monoisotopic (exact) mass is 292 g/mol. The minimum Gasteiger partial charge on any atom is -0.466 e. The summed E-state index contributed by atoms with van der Waals surface area (Å²) in [5, 5.41) is 5.85. The third-order valence-corrected chi connectivity index (χ3v) is 3.18. The molecular formula is C16H24N2O3. The number of benzene rings is 1. The summed E-state index contributed by atoms with van der Waals surface area (Å²) < 4.78 is 4.99. The zero-order valence-corrected chi connectivity index (χ0v) is 12.9. The van der Waals surface area contributed by atoms with Crippen LogP contribution in [0.1, 0.15) is 36.9 Å². The van der Waals surface area contributed by atoms with Gasteiger partial charge in [-0.1, -0.05) is 24.3 Å². The van der Waals surface area contributed by atoms with Gasteiger partial charge in [0.15, 0.2) is 0 Å². The number of carbonyl (C=O) groups is 2. The fourth-order valence-corrected chi connectivity index (χ4v) is 2.11. The first-order chi connectivity index (χ1) is 10.1. The van der Waals surface area contributed by atoms with Gasteiger partial charge in [-0.25, -0.2) is 0 Å². The van der Waals surface area contributed by atoms with Crippen molar-refractivity contribution in [2.75, 3.05) is 20.2 Å². The minimum atomic E-state index is -0.352. The van der Waals surface area contributed by atoms with Gasteiger partial charge in [0.2, 0.25) is 5.91 Å². The molecule has 0 aliphatic carbocycles. The molecule has 1 aromatic rings. The van der Waals surface area contributed by atoms with Gasteiger partial charge in [0, 0.05) is 13.0 Å². The normalized spacial score (nSPS) is 11.8. The first-order valence-corrected chi connectivity index (χ1v) is 7.23. The van der Waals surface area contributed by atoms with E-state index >= 15 is 0 Å². The summed E-state index contributed by atoms with van der Waals surface area (Å²) in [6.45, 7) is 4.68. The molecule has 0 fully saturated rings. The van der Waals surface area contributed by atoms with Crippen LogP contribution >= 0.6 is 0 Å². The van der Waals surface area contributed by atoms with Crippen LogP contribution in [-0.4, -0.2) is 32.1 Å². The molecule has 0 bridgehead atoms. The van der Waals surface area contributed by atoms with Gasteiger partial charge < -0.3 is 15.4 Å². The Morgan fingerprint density at radius 2 is 2.00 bits per heavy atom. The molecule has 0 radical (unpaired) electrons. The predicted molar refractivity (Wildman–Crippen MR) is 81.9 cm³/mol. The van der Waals surface area contributed by atoms with Gasteiger partial charge >= 0.3 is 5.97 Å². The molecule has 0 aromatic heterocycles. The molecule has 5 nitrogen and oxygen atoms in total. The Morgan fingerprint density at radius 3 is 2.62 bits per heavy atom. The number of nitrogens with one attached hydrogen (secondary N) is 2. The van der Waals surface area contributed by atoms with Gasteiger partial charge in [0.25, 0.3) is 0 Å². The number of amides is 1. The third kappa shape index (κ3) is 5.95. The Morgan fingerprint density at radius 1 is 1.29 bits per heavy atom. The Labute approximate surface area is 126 Å². The molecule has 0 saturated heterocycles. The highest BCUT2D eigenvalue weighted by Crippen LogP contribution is 2.21. The van der Waals surface area contributed by atoms with Gasteiger partial charge in [-0.3, -0.25) is 9.59 Å². The highest BCUT2D eigenvalue weighted by atomic mass is 16.5. The molecule has 1 rings (SSSR count). The molecule has 2 N–H and O–H groups in total. The average Bonchev–Trinajstić information content (AvgIpc) is 2.45. The standard InChI is InChI=1S/C16H24N2O3/c1-4-21-16(20)11-14(18-15(19)9-10-17-3)13-8-6-5-7-12(13)2/h5-8,14,17H,4,9-11H2,1-3H3,(H,18,19). The smallest absolute Gasteiger partial charge is 0.308 e. The maximum atomic E-state index is 11.9. The molecule has 1 aromatic carbocycles. The van der Waals surface area contributed by atoms with E-state index < -0.39 is 0 Å². The van der Waals surface area contributed by atoms with Gasteiger partial charge in [-0.05, 0) is 32.0 Å². The zero-order valence-electron chi connectivity index (χ0n) is 12.9. The van der Waals surface area contributed by atoms with E-state index in [4.69, 9.17) is 4.74 Å².